The molecular formula is C22H34O6. The first-order valence-corrected chi connectivity index (χ1v) is 9.98. The van der Waals surface area contributed by atoms with Crippen LogP contribution in [0.15, 0.2) is 48.6 Å². The zero-order valence-corrected chi connectivity index (χ0v) is 16.6. The van der Waals surface area contributed by atoms with E-state index < -0.39 is 30.4 Å². The summed E-state index contributed by atoms with van der Waals surface area (Å²) < 4.78 is 5.75. The predicted octanol–water partition coefficient (Wildman–Crippen LogP) is 2.90. The van der Waals surface area contributed by atoms with Gasteiger partial charge in [0.15, 0.2) is 0 Å². The number of allylic oxidation sites excluding steroid dienone is 5. The lowest BCUT2D eigenvalue weighted by Crippen LogP contribution is -2.24. The van der Waals surface area contributed by atoms with Gasteiger partial charge in [-0.15, -0.1) is 0 Å². The van der Waals surface area contributed by atoms with E-state index in [0.29, 0.717) is 25.7 Å². The number of aliphatic hydroxyl groups is 3. The Morgan fingerprint density at radius 1 is 1.07 bits per heavy atom. The minimum atomic E-state index is -0.837. The predicted molar refractivity (Wildman–Crippen MR) is 109 cm³/mol. The van der Waals surface area contributed by atoms with Crippen molar-refractivity contribution in [3.8, 4) is 0 Å². The van der Waals surface area contributed by atoms with Gasteiger partial charge in [-0.1, -0.05) is 55.5 Å². The lowest BCUT2D eigenvalue weighted by Gasteiger charge is -2.16. The summed E-state index contributed by atoms with van der Waals surface area (Å²) in [5.74, 6) is -0.783. The summed E-state index contributed by atoms with van der Waals surface area (Å²) in [5, 5.41) is 38.2. The van der Waals surface area contributed by atoms with Crippen LogP contribution in [0, 0.1) is 0 Å². The van der Waals surface area contributed by atoms with E-state index in [9.17, 15) is 20.1 Å². The summed E-state index contributed by atoms with van der Waals surface area (Å²) in [5.41, 5.74) is 0. The number of rotatable bonds is 13. The van der Waals surface area contributed by atoms with E-state index in [1.807, 2.05) is 43.4 Å². The van der Waals surface area contributed by atoms with Crippen molar-refractivity contribution in [2.75, 3.05) is 0 Å². The third kappa shape index (κ3) is 10.6. The van der Waals surface area contributed by atoms with Crippen LogP contribution in [0.2, 0.25) is 0 Å². The van der Waals surface area contributed by atoms with Crippen molar-refractivity contribution in [2.24, 2.45) is 0 Å². The first-order chi connectivity index (χ1) is 13.4. The van der Waals surface area contributed by atoms with Crippen molar-refractivity contribution >= 4 is 5.97 Å². The second-order valence-electron chi connectivity index (χ2n) is 6.92. The van der Waals surface area contributed by atoms with Gasteiger partial charge in [0.25, 0.3) is 0 Å². The molecule has 4 N–H and O–H groups in total. The number of carboxylic acid groups (broad SMARTS) is 1. The Morgan fingerprint density at radius 2 is 1.71 bits per heavy atom. The molecule has 5 atom stereocenters. The van der Waals surface area contributed by atoms with E-state index in [1.165, 1.54) is 6.08 Å². The van der Waals surface area contributed by atoms with Crippen molar-refractivity contribution in [2.45, 2.75) is 82.4 Å². The van der Waals surface area contributed by atoms with Crippen LogP contribution in [0.1, 0.15) is 51.9 Å². The molecule has 0 saturated carbocycles. The second-order valence-corrected chi connectivity index (χ2v) is 6.92. The highest BCUT2D eigenvalue weighted by Gasteiger charge is 2.36. The normalized spacial score (nSPS) is 25.5. The van der Waals surface area contributed by atoms with E-state index in [-0.39, 0.29) is 12.5 Å². The minimum Gasteiger partial charge on any atom is -0.481 e. The molecule has 1 aliphatic rings. The van der Waals surface area contributed by atoms with Crippen molar-refractivity contribution < 1.29 is 30.0 Å². The molecule has 0 radical (unpaired) electrons. The van der Waals surface area contributed by atoms with Crippen molar-refractivity contribution in [1.82, 2.24) is 0 Å². The Bertz CT molecular complexity index is 551. The van der Waals surface area contributed by atoms with Gasteiger partial charge in [-0.3, -0.25) is 4.79 Å². The van der Waals surface area contributed by atoms with Crippen molar-refractivity contribution in [3.05, 3.63) is 48.6 Å². The fraction of sp³-hybridized carbons (Fsp3) is 0.591. The van der Waals surface area contributed by atoms with Crippen LogP contribution in [-0.2, 0) is 9.53 Å². The SMILES string of the molecule is CC[C@H](O)/C=C/[C@@H](O)[C@@H]1C[C@H](O)[C@H](C/C=C\C/C=C\C/C=C\CCC(=O)O)O1. The standard InChI is InChI=1S/C22H34O6/c1-2-17(23)14-15-18(24)21-16-19(25)20(28-21)12-10-8-6-4-3-5-7-9-11-13-22(26)27/h3-4,7-10,14-15,17-21,23-25H,2,5-6,11-13,16H2,1H3,(H,26,27)/b4-3-,9-7-,10-8-,15-14+/t17-,18+,19-,20-,21-/m0/s1. The third-order valence-electron chi connectivity index (χ3n) is 4.52. The molecular weight excluding hydrogens is 360 g/mol. The van der Waals surface area contributed by atoms with Crippen LogP contribution in [0.4, 0.5) is 0 Å². The van der Waals surface area contributed by atoms with Gasteiger partial charge < -0.3 is 25.2 Å². The second kappa shape index (κ2) is 14.3. The monoisotopic (exact) mass is 394 g/mol. The molecule has 1 heterocycles. The van der Waals surface area contributed by atoms with E-state index in [1.54, 1.807) is 6.08 Å². The van der Waals surface area contributed by atoms with Gasteiger partial charge >= 0.3 is 5.97 Å². The Kier molecular flexibility index (Phi) is 12.4. The number of ether oxygens (including phenoxy) is 1. The Labute approximate surface area is 167 Å². The molecule has 0 bridgehead atoms. The zero-order chi connectivity index (χ0) is 20.8. The maximum Gasteiger partial charge on any atom is 0.303 e. The average molecular weight is 395 g/mol. The molecule has 0 unspecified atom stereocenters. The lowest BCUT2D eigenvalue weighted by atomic mass is 10.0. The lowest BCUT2D eigenvalue weighted by molar-refractivity contribution is -0.136. The topological polar surface area (TPSA) is 107 Å². The molecule has 0 aromatic carbocycles. The van der Waals surface area contributed by atoms with E-state index in [0.717, 1.165) is 12.8 Å². The number of carbonyl (C=O) groups is 1. The quantitative estimate of drug-likeness (QED) is 0.358. The first-order valence-electron chi connectivity index (χ1n) is 9.98. The maximum atomic E-state index is 10.4. The highest BCUT2D eigenvalue weighted by molar-refractivity contribution is 5.66. The van der Waals surface area contributed by atoms with Crippen LogP contribution in [-0.4, -0.2) is 56.9 Å². The van der Waals surface area contributed by atoms with Gasteiger partial charge in [0, 0.05) is 12.8 Å². The van der Waals surface area contributed by atoms with Gasteiger partial charge in [0.2, 0.25) is 0 Å². The smallest absolute Gasteiger partial charge is 0.303 e. The number of hydrogen-bond acceptors (Lipinski definition) is 5. The molecule has 0 spiro atoms. The number of aliphatic carboxylic acids is 1. The number of hydrogen-bond donors (Lipinski definition) is 4. The van der Waals surface area contributed by atoms with Crippen LogP contribution in [0.5, 0.6) is 0 Å². The highest BCUT2D eigenvalue weighted by atomic mass is 16.5. The largest absolute Gasteiger partial charge is 0.481 e. The molecule has 1 fully saturated rings. The van der Waals surface area contributed by atoms with Crippen molar-refractivity contribution in [3.63, 3.8) is 0 Å². The molecule has 0 amide bonds. The summed E-state index contributed by atoms with van der Waals surface area (Å²) in [6.07, 6.45) is 15.9. The van der Waals surface area contributed by atoms with Gasteiger partial charge in [0.1, 0.15) is 0 Å². The molecule has 0 aliphatic carbocycles. The fourth-order valence-electron chi connectivity index (χ4n) is 2.79. The van der Waals surface area contributed by atoms with Crippen LogP contribution in [0.3, 0.4) is 0 Å². The van der Waals surface area contributed by atoms with Crippen LogP contribution < -0.4 is 0 Å². The Balaban J connectivity index is 2.23. The van der Waals surface area contributed by atoms with Gasteiger partial charge in [-0.2, -0.15) is 0 Å². The van der Waals surface area contributed by atoms with Crippen LogP contribution >= 0.6 is 0 Å². The highest BCUT2D eigenvalue weighted by Crippen LogP contribution is 2.26. The van der Waals surface area contributed by atoms with Gasteiger partial charge in [-0.25, -0.2) is 0 Å². The van der Waals surface area contributed by atoms with Gasteiger partial charge in [-0.05, 0) is 32.1 Å². The molecule has 0 aromatic heterocycles. The summed E-state index contributed by atoms with van der Waals surface area (Å²) in [6, 6.07) is 0. The molecule has 6 nitrogen and oxygen atoms in total. The Hall–Kier alpha value is -1.73. The molecule has 0 aromatic rings. The van der Waals surface area contributed by atoms with Gasteiger partial charge in [0.05, 0.1) is 30.5 Å². The molecule has 1 saturated heterocycles. The van der Waals surface area contributed by atoms with E-state index in [2.05, 4.69) is 0 Å². The molecule has 28 heavy (non-hydrogen) atoms. The van der Waals surface area contributed by atoms with Crippen LogP contribution in [0.25, 0.3) is 0 Å². The summed E-state index contributed by atoms with van der Waals surface area (Å²) in [4.78, 5) is 10.4. The molecule has 1 aliphatic heterocycles. The summed E-state index contributed by atoms with van der Waals surface area (Å²) >= 11 is 0. The Morgan fingerprint density at radius 3 is 2.36 bits per heavy atom. The molecule has 6 heteroatoms. The molecule has 1 rings (SSSR count). The zero-order valence-electron chi connectivity index (χ0n) is 16.6. The van der Waals surface area contributed by atoms with E-state index >= 15 is 0 Å². The first kappa shape index (κ1) is 24.3. The number of carboxylic acids is 1. The summed E-state index contributed by atoms with van der Waals surface area (Å²) in [6.45, 7) is 1.86. The minimum absolute atomic E-state index is 0.160. The van der Waals surface area contributed by atoms with Crippen molar-refractivity contribution in [1.29, 1.82) is 0 Å². The molecule has 158 valence electrons. The number of aliphatic hydroxyl groups excluding tert-OH is 3. The van der Waals surface area contributed by atoms with E-state index in [4.69, 9.17) is 9.84 Å². The maximum absolute atomic E-state index is 10.4. The summed E-state index contributed by atoms with van der Waals surface area (Å²) in [7, 11) is 0. The fourth-order valence-corrected chi connectivity index (χ4v) is 2.79. The third-order valence-corrected chi connectivity index (χ3v) is 4.52. The average Bonchev–Trinajstić information content (AvgIpc) is 3.04.